The summed E-state index contributed by atoms with van der Waals surface area (Å²) in [5.41, 5.74) is 0. The van der Waals surface area contributed by atoms with Crippen LogP contribution >= 0.6 is 0 Å². The monoisotopic (exact) mass is 300 g/mol. The van der Waals surface area contributed by atoms with Crippen molar-refractivity contribution >= 4 is 5.97 Å². The number of rotatable bonds is 7. The van der Waals surface area contributed by atoms with E-state index < -0.39 is 18.9 Å². The van der Waals surface area contributed by atoms with Crippen molar-refractivity contribution in [1.29, 1.82) is 0 Å². The van der Waals surface area contributed by atoms with Gasteiger partial charge in [-0.05, 0) is 0 Å². The molecule has 1 aliphatic rings. The third kappa shape index (κ3) is 5.23. The molecule has 112 valence electrons. The molecule has 0 amide bonds. The second kappa shape index (κ2) is 10.1. The average Bonchev–Trinajstić information content (AvgIpc) is 2.39. The molecule has 0 bridgehead atoms. The van der Waals surface area contributed by atoms with Gasteiger partial charge in [0, 0.05) is 27.2 Å². The van der Waals surface area contributed by atoms with Crippen molar-refractivity contribution < 1.29 is 63.1 Å². The van der Waals surface area contributed by atoms with Gasteiger partial charge >= 0.3 is 29.6 Å². The number of carboxylic acid groups (broad SMARTS) is 1. The van der Waals surface area contributed by atoms with Gasteiger partial charge in [-0.2, -0.15) is 0 Å². The summed E-state index contributed by atoms with van der Waals surface area (Å²) in [6, 6.07) is 0. The first-order valence-electron chi connectivity index (χ1n) is 6.06. The molecule has 2 unspecified atom stereocenters. The fourth-order valence-electron chi connectivity index (χ4n) is 2.27. The zero-order valence-electron chi connectivity index (χ0n) is 12.7. The van der Waals surface area contributed by atoms with Crippen LogP contribution in [0.1, 0.15) is 6.92 Å². The zero-order chi connectivity index (χ0) is 14.4. The minimum Gasteiger partial charge on any atom is -0.548 e. The molecule has 20 heavy (non-hydrogen) atoms. The number of carbonyl (C=O) groups is 1. The van der Waals surface area contributed by atoms with Crippen LogP contribution in [-0.4, -0.2) is 65.1 Å². The standard InChI is InChI=1S/C12H22O7.Na/c1-7-8(5-18-6-9(13)14)19-12(17-4)11(16-3)10(7)15-2;/h7-8,10-12H,5-6H2,1-4H3,(H,13,14);/q;+1/p-1/t7-,8?,10-,11?,12+;/m0./s1. The van der Waals surface area contributed by atoms with Crippen LogP contribution in [0.2, 0.25) is 0 Å². The molecular weight excluding hydrogens is 279 g/mol. The van der Waals surface area contributed by atoms with Crippen LogP contribution in [0.4, 0.5) is 0 Å². The first kappa shape index (κ1) is 20.3. The van der Waals surface area contributed by atoms with Crippen LogP contribution in [0.15, 0.2) is 0 Å². The van der Waals surface area contributed by atoms with Gasteiger partial charge in [-0.3, -0.25) is 0 Å². The molecular formula is C12H21NaO7. The molecule has 1 rings (SSSR count). The Morgan fingerprint density at radius 1 is 1.15 bits per heavy atom. The summed E-state index contributed by atoms with van der Waals surface area (Å²) in [6.45, 7) is 1.60. The van der Waals surface area contributed by atoms with Gasteiger partial charge < -0.3 is 33.6 Å². The Morgan fingerprint density at radius 3 is 2.20 bits per heavy atom. The Bertz CT molecular complexity index is 289. The quantitative estimate of drug-likeness (QED) is 0.441. The van der Waals surface area contributed by atoms with Crippen LogP contribution in [0.5, 0.6) is 0 Å². The van der Waals surface area contributed by atoms with Crippen LogP contribution in [0, 0.1) is 5.92 Å². The molecule has 0 aromatic rings. The third-order valence-corrected chi connectivity index (χ3v) is 3.28. The summed E-state index contributed by atoms with van der Waals surface area (Å²) in [7, 11) is 4.66. The Balaban J connectivity index is 0.00000361. The van der Waals surface area contributed by atoms with Gasteiger partial charge in [0.25, 0.3) is 0 Å². The second-order valence-electron chi connectivity index (χ2n) is 4.43. The number of hydrogen-bond donors (Lipinski definition) is 0. The summed E-state index contributed by atoms with van der Waals surface area (Å²) in [5, 5.41) is 10.3. The molecule has 0 radical (unpaired) electrons. The molecule has 0 aromatic heterocycles. The first-order valence-corrected chi connectivity index (χ1v) is 6.06. The topological polar surface area (TPSA) is 86.3 Å². The molecule has 5 atom stereocenters. The van der Waals surface area contributed by atoms with Crippen molar-refractivity contribution in [3.63, 3.8) is 0 Å². The van der Waals surface area contributed by atoms with E-state index in [-0.39, 0.29) is 60.4 Å². The van der Waals surface area contributed by atoms with Gasteiger partial charge in [-0.15, -0.1) is 0 Å². The number of carbonyl (C=O) groups excluding carboxylic acids is 1. The van der Waals surface area contributed by atoms with E-state index >= 15 is 0 Å². The normalized spacial score (nSPS) is 33.5. The minimum absolute atomic E-state index is 0. The van der Waals surface area contributed by atoms with Crippen molar-refractivity contribution in [3.05, 3.63) is 0 Å². The minimum atomic E-state index is -1.26. The van der Waals surface area contributed by atoms with E-state index in [4.69, 9.17) is 23.7 Å². The molecule has 1 fully saturated rings. The molecule has 1 saturated heterocycles. The van der Waals surface area contributed by atoms with Gasteiger partial charge in [-0.25, -0.2) is 0 Å². The number of ether oxygens (including phenoxy) is 5. The molecule has 1 aliphatic heterocycles. The SMILES string of the molecule is COC1[C@H](OC)OC(COCC(=O)[O-])[C@H](C)[C@@H]1OC.[Na+]. The molecule has 0 aromatic carbocycles. The molecule has 0 aliphatic carbocycles. The van der Waals surface area contributed by atoms with Gasteiger partial charge in [-0.1, -0.05) is 6.92 Å². The first-order chi connectivity index (χ1) is 9.04. The van der Waals surface area contributed by atoms with Crippen molar-refractivity contribution in [2.45, 2.75) is 31.5 Å². The van der Waals surface area contributed by atoms with Gasteiger partial charge in [0.2, 0.25) is 0 Å². The van der Waals surface area contributed by atoms with Crippen molar-refractivity contribution in [1.82, 2.24) is 0 Å². The van der Waals surface area contributed by atoms with E-state index in [9.17, 15) is 9.90 Å². The molecule has 1 heterocycles. The smallest absolute Gasteiger partial charge is 0.548 e. The third-order valence-electron chi connectivity index (χ3n) is 3.28. The Labute approximate surface area is 141 Å². The molecule has 0 N–H and O–H groups in total. The molecule has 7 nitrogen and oxygen atoms in total. The maximum absolute atomic E-state index is 10.3. The molecule has 8 heteroatoms. The Hall–Kier alpha value is 0.270. The second-order valence-corrected chi connectivity index (χ2v) is 4.43. The maximum Gasteiger partial charge on any atom is 1.00 e. The summed E-state index contributed by atoms with van der Waals surface area (Å²) < 4.78 is 26.7. The average molecular weight is 300 g/mol. The van der Waals surface area contributed by atoms with Crippen molar-refractivity contribution in [2.75, 3.05) is 34.5 Å². The zero-order valence-corrected chi connectivity index (χ0v) is 14.7. The van der Waals surface area contributed by atoms with Crippen molar-refractivity contribution in [3.8, 4) is 0 Å². The maximum atomic E-state index is 10.3. The van der Waals surface area contributed by atoms with E-state index in [1.54, 1.807) is 14.2 Å². The fourth-order valence-corrected chi connectivity index (χ4v) is 2.27. The van der Waals surface area contributed by atoms with Gasteiger partial charge in [0.05, 0.1) is 31.4 Å². The molecule has 0 spiro atoms. The van der Waals surface area contributed by atoms with Crippen LogP contribution in [0.3, 0.4) is 0 Å². The van der Waals surface area contributed by atoms with E-state index in [2.05, 4.69) is 0 Å². The van der Waals surface area contributed by atoms with Crippen LogP contribution < -0.4 is 34.7 Å². The van der Waals surface area contributed by atoms with E-state index in [0.29, 0.717) is 0 Å². The van der Waals surface area contributed by atoms with Gasteiger partial charge in [0.15, 0.2) is 6.29 Å². The summed E-state index contributed by atoms with van der Waals surface area (Å²) in [4.78, 5) is 10.3. The van der Waals surface area contributed by atoms with E-state index in [1.165, 1.54) is 7.11 Å². The number of carboxylic acids is 1. The van der Waals surface area contributed by atoms with E-state index in [0.717, 1.165) is 0 Å². The summed E-state index contributed by atoms with van der Waals surface area (Å²) in [6.07, 6.45) is -1.48. The Kier molecular flexibility index (Phi) is 10.2. The summed E-state index contributed by atoms with van der Waals surface area (Å²) in [5.74, 6) is -1.28. The largest absolute Gasteiger partial charge is 1.00 e. The predicted octanol–water partition coefficient (Wildman–Crippen LogP) is -4.21. The van der Waals surface area contributed by atoms with Gasteiger partial charge in [0.1, 0.15) is 6.10 Å². The Morgan fingerprint density at radius 2 is 1.75 bits per heavy atom. The number of hydrogen-bond acceptors (Lipinski definition) is 7. The van der Waals surface area contributed by atoms with Crippen molar-refractivity contribution in [2.24, 2.45) is 5.92 Å². The number of aliphatic carboxylic acids is 1. The van der Waals surface area contributed by atoms with E-state index in [1.807, 2.05) is 6.92 Å². The van der Waals surface area contributed by atoms with Crippen LogP contribution in [-0.2, 0) is 28.5 Å². The van der Waals surface area contributed by atoms with Crippen LogP contribution in [0.25, 0.3) is 0 Å². The molecule has 0 saturated carbocycles. The predicted molar refractivity (Wildman–Crippen MR) is 62.3 cm³/mol. The summed E-state index contributed by atoms with van der Waals surface area (Å²) >= 11 is 0. The fraction of sp³-hybridized carbons (Fsp3) is 0.917. The number of methoxy groups -OCH3 is 3.